The van der Waals surface area contributed by atoms with Crippen molar-refractivity contribution < 1.29 is 19.5 Å². The molecule has 0 aliphatic carbocycles. The highest BCUT2D eigenvalue weighted by Gasteiger charge is 2.04. The number of carbonyl (C=O) groups excluding carboxylic acids is 2. The fraction of sp³-hybridized carbons (Fsp3) is 0.700. The quantitative estimate of drug-likeness (QED) is 0.694. The Kier molecular flexibility index (Phi) is 11.4. The van der Waals surface area contributed by atoms with Gasteiger partial charge in [0.15, 0.2) is 0 Å². The number of carbonyl (C=O) groups is 3. The van der Waals surface area contributed by atoms with Gasteiger partial charge in [0.05, 0.1) is 6.42 Å². The van der Waals surface area contributed by atoms with Crippen molar-refractivity contribution >= 4 is 17.7 Å². The van der Waals surface area contributed by atoms with Crippen molar-refractivity contribution in [2.45, 2.75) is 40.0 Å². The van der Waals surface area contributed by atoms with Crippen LogP contribution in [0.25, 0.3) is 0 Å². The highest BCUT2D eigenvalue weighted by atomic mass is 16.4. The van der Waals surface area contributed by atoms with Crippen LogP contribution in [0.15, 0.2) is 0 Å². The van der Waals surface area contributed by atoms with E-state index in [9.17, 15) is 14.4 Å². The zero-order valence-electron chi connectivity index (χ0n) is 9.50. The van der Waals surface area contributed by atoms with Crippen LogP contribution in [0.4, 0.5) is 0 Å². The van der Waals surface area contributed by atoms with E-state index >= 15 is 0 Å². The number of hydrogen-bond acceptors (Lipinski definition) is 3. The number of carboxylic acids is 1. The summed E-state index contributed by atoms with van der Waals surface area (Å²) in [6.07, 6.45) is 0.0813. The molecule has 2 N–H and O–H groups in total. The van der Waals surface area contributed by atoms with E-state index in [2.05, 4.69) is 5.32 Å². The summed E-state index contributed by atoms with van der Waals surface area (Å²) in [6, 6.07) is 0. The molecule has 88 valence electrons. The molecule has 0 saturated heterocycles. The van der Waals surface area contributed by atoms with Gasteiger partial charge in [0.25, 0.3) is 0 Å². The molecule has 0 fully saturated rings. The first-order valence-corrected chi connectivity index (χ1v) is 5.00. The molecule has 0 aromatic carbocycles. The summed E-state index contributed by atoms with van der Waals surface area (Å²) in [5, 5.41) is 10.7. The number of amides is 1. The molecule has 0 bridgehead atoms. The summed E-state index contributed by atoms with van der Waals surface area (Å²) in [5.74, 6) is -1.33. The molecule has 0 aliphatic heterocycles. The van der Waals surface area contributed by atoms with Gasteiger partial charge >= 0.3 is 5.97 Å². The molecule has 0 aliphatic rings. The number of aliphatic carboxylic acids is 1. The molecule has 5 heteroatoms. The first-order chi connectivity index (χ1) is 7.02. The molecule has 0 aromatic rings. The van der Waals surface area contributed by atoms with E-state index in [1.165, 1.54) is 6.92 Å². The van der Waals surface area contributed by atoms with Crippen molar-refractivity contribution in [2.75, 3.05) is 6.54 Å². The van der Waals surface area contributed by atoms with Crippen molar-refractivity contribution in [3.05, 3.63) is 0 Å². The number of nitrogens with one attached hydrogen (secondary N) is 1. The second-order valence-corrected chi connectivity index (χ2v) is 2.70. The molecule has 0 spiro atoms. The summed E-state index contributed by atoms with van der Waals surface area (Å²) in [5.41, 5.74) is 0. The van der Waals surface area contributed by atoms with Gasteiger partial charge in [-0.3, -0.25) is 14.4 Å². The van der Waals surface area contributed by atoms with Gasteiger partial charge in [0.1, 0.15) is 5.78 Å². The highest BCUT2D eigenvalue weighted by molar-refractivity contribution is 5.81. The van der Waals surface area contributed by atoms with Gasteiger partial charge in [-0.15, -0.1) is 0 Å². The minimum atomic E-state index is -0.998. The number of carboxylic acid groups (broad SMARTS) is 1. The van der Waals surface area contributed by atoms with E-state index < -0.39 is 5.97 Å². The summed E-state index contributed by atoms with van der Waals surface area (Å²) in [6.45, 7) is 5.72. The Hall–Kier alpha value is -1.39. The SMILES string of the molecule is CC.CC(=O)CCNC(=O)CCC(=O)O. The van der Waals surface area contributed by atoms with Crippen LogP contribution in [-0.2, 0) is 14.4 Å². The minimum Gasteiger partial charge on any atom is -0.481 e. The Bertz CT molecular complexity index is 213. The lowest BCUT2D eigenvalue weighted by Gasteiger charge is -2.01. The predicted molar refractivity (Wildman–Crippen MR) is 56.5 cm³/mol. The molecule has 0 radical (unpaired) electrons. The molecule has 1 amide bonds. The maximum atomic E-state index is 10.8. The average molecular weight is 217 g/mol. The summed E-state index contributed by atoms with van der Waals surface area (Å²) < 4.78 is 0. The molecule has 0 unspecified atom stereocenters. The maximum absolute atomic E-state index is 10.8. The molecular weight excluding hydrogens is 198 g/mol. The fourth-order valence-corrected chi connectivity index (χ4v) is 0.687. The number of Topliss-reactive ketones (excluding diaryl/α,β-unsaturated/α-hetero) is 1. The van der Waals surface area contributed by atoms with E-state index in [4.69, 9.17) is 5.11 Å². The summed E-state index contributed by atoms with van der Waals surface area (Å²) in [7, 11) is 0. The Labute approximate surface area is 89.9 Å². The van der Waals surface area contributed by atoms with Crippen LogP contribution in [0.2, 0.25) is 0 Å². The molecule has 0 heterocycles. The van der Waals surface area contributed by atoms with Gasteiger partial charge < -0.3 is 10.4 Å². The molecule has 5 nitrogen and oxygen atoms in total. The van der Waals surface area contributed by atoms with Gasteiger partial charge in [0.2, 0.25) is 5.91 Å². The standard InChI is InChI=1S/C8H13NO4.C2H6/c1-6(10)4-5-9-7(11)2-3-8(12)13;1-2/h2-5H2,1H3,(H,9,11)(H,12,13);1-2H3. The molecule has 0 atom stereocenters. The second kappa shape index (κ2) is 10.7. The van der Waals surface area contributed by atoms with Gasteiger partial charge in [-0.2, -0.15) is 0 Å². The van der Waals surface area contributed by atoms with Crippen LogP contribution in [0.5, 0.6) is 0 Å². The highest BCUT2D eigenvalue weighted by Crippen LogP contribution is 1.88. The number of hydrogen-bond donors (Lipinski definition) is 2. The third-order valence-electron chi connectivity index (χ3n) is 1.37. The molecule has 0 aromatic heterocycles. The van der Waals surface area contributed by atoms with Crippen LogP contribution in [0.1, 0.15) is 40.0 Å². The largest absolute Gasteiger partial charge is 0.481 e. The third kappa shape index (κ3) is 15.4. The van der Waals surface area contributed by atoms with Gasteiger partial charge in [-0.05, 0) is 6.92 Å². The second-order valence-electron chi connectivity index (χ2n) is 2.70. The van der Waals surface area contributed by atoms with E-state index in [1.54, 1.807) is 0 Å². The van der Waals surface area contributed by atoms with E-state index in [-0.39, 0.29) is 31.1 Å². The minimum absolute atomic E-state index is 0.00136. The van der Waals surface area contributed by atoms with Gasteiger partial charge in [-0.25, -0.2) is 0 Å². The van der Waals surface area contributed by atoms with Crippen molar-refractivity contribution in [3.63, 3.8) is 0 Å². The average Bonchev–Trinajstić information content (AvgIpc) is 2.17. The van der Waals surface area contributed by atoms with Crippen LogP contribution in [0, 0.1) is 0 Å². The lowest BCUT2D eigenvalue weighted by molar-refractivity contribution is -0.138. The first-order valence-electron chi connectivity index (χ1n) is 5.00. The van der Waals surface area contributed by atoms with Crippen LogP contribution in [-0.4, -0.2) is 29.3 Å². The van der Waals surface area contributed by atoms with Crippen LogP contribution >= 0.6 is 0 Å². The third-order valence-corrected chi connectivity index (χ3v) is 1.37. The Balaban J connectivity index is 0. The zero-order chi connectivity index (χ0) is 12.3. The van der Waals surface area contributed by atoms with Crippen LogP contribution in [0.3, 0.4) is 0 Å². The Morgan fingerprint density at radius 2 is 1.60 bits per heavy atom. The van der Waals surface area contributed by atoms with Crippen molar-refractivity contribution in [1.82, 2.24) is 5.32 Å². The normalized spacial score (nSPS) is 8.47. The van der Waals surface area contributed by atoms with Crippen molar-refractivity contribution in [1.29, 1.82) is 0 Å². The van der Waals surface area contributed by atoms with E-state index in [0.717, 1.165) is 0 Å². The van der Waals surface area contributed by atoms with E-state index in [1.807, 2.05) is 13.8 Å². The molecule has 0 saturated carbocycles. The Morgan fingerprint density at radius 3 is 2.00 bits per heavy atom. The summed E-state index contributed by atoms with van der Waals surface area (Å²) >= 11 is 0. The Morgan fingerprint density at radius 1 is 1.07 bits per heavy atom. The van der Waals surface area contributed by atoms with Gasteiger partial charge in [0, 0.05) is 19.4 Å². The lowest BCUT2D eigenvalue weighted by atomic mass is 10.3. The van der Waals surface area contributed by atoms with E-state index in [0.29, 0.717) is 6.42 Å². The zero-order valence-corrected chi connectivity index (χ0v) is 9.50. The smallest absolute Gasteiger partial charge is 0.303 e. The fourth-order valence-electron chi connectivity index (χ4n) is 0.687. The topological polar surface area (TPSA) is 83.5 Å². The first kappa shape index (κ1) is 16.1. The summed E-state index contributed by atoms with van der Waals surface area (Å²) in [4.78, 5) is 31.3. The lowest BCUT2D eigenvalue weighted by Crippen LogP contribution is -2.25. The molecular formula is C10H19NO4. The monoisotopic (exact) mass is 217 g/mol. The molecule has 15 heavy (non-hydrogen) atoms. The maximum Gasteiger partial charge on any atom is 0.303 e. The van der Waals surface area contributed by atoms with Crippen LogP contribution < -0.4 is 5.32 Å². The van der Waals surface area contributed by atoms with Gasteiger partial charge in [-0.1, -0.05) is 13.8 Å². The predicted octanol–water partition coefficient (Wildman–Crippen LogP) is 0.973. The van der Waals surface area contributed by atoms with Crippen molar-refractivity contribution in [2.24, 2.45) is 0 Å². The number of rotatable bonds is 6. The number of ketones is 1. The molecule has 0 rings (SSSR count). The van der Waals surface area contributed by atoms with Crippen molar-refractivity contribution in [3.8, 4) is 0 Å².